The van der Waals surface area contributed by atoms with E-state index in [9.17, 15) is 0 Å². The van der Waals surface area contributed by atoms with E-state index in [2.05, 4.69) is 223 Å². The van der Waals surface area contributed by atoms with Gasteiger partial charge in [0.2, 0.25) is 0 Å². The van der Waals surface area contributed by atoms with Gasteiger partial charge in [0.05, 0.1) is 5.69 Å². The van der Waals surface area contributed by atoms with Gasteiger partial charge < -0.3 is 9.32 Å². The molecule has 11 aromatic rings. The average molecular weight is 768 g/mol. The van der Waals surface area contributed by atoms with Gasteiger partial charge in [-0.05, 0) is 95.4 Å². The Morgan fingerprint density at radius 3 is 1.61 bits per heavy atom. The first-order valence-corrected chi connectivity index (χ1v) is 22.3. The molecule has 1 aliphatic rings. The molecule has 3 heteroatoms. The fourth-order valence-corrected chi connectivity index (χ4v) is 15.7. The number of hydrogen-bond donors (Lipinski definition) is 0. The summed E-state index contributed by atoms with van der Waals surface area (Å²) in [7, 11) is -3.00. The third-order valence-corrected chi connectivity index (χ3v) is 17.5. The summed E-state index contributed by atoms with van der Waals surface area (Å²) < 4.78 is 6.55. The molecule has 0 radical (unpaired) electrons. The van der Waals surface area contributed by atoms with Crippen LogP contribution < -0.4 is 25.6 Å². The zero-order valence-electron chi connectivity index (χ0n) is 32.2. The summed E-state index contributed by atoms with van der Waals surface area (Å²) in [6, 6.07) is 82.8. The maximum absolute atomic E-state index is 6.55. The van der Waals surface area contributed by atoms with Crippen molar-refractivity contribution in [2.24, 2.45) is 0 Å². The van der Waals surface area contributed by atoms with Crippen LogP contribution in [-0.2, 0) is 0 Å². The van der Waals surface area contributed by atoms with Crippen molar-refractivity contribution in [3.05, 3.63) is 224 Å². The third kappa shape index (κ3) is 5.05. The first kappa shape index (κ1) is 33.7. The Balaban J connectivity index is 1.18. The van der Waals surface area contributed by atoms with Crippen molar-refractivity contribution in [2.75, 3.05) is 4.90 Å². The van der Waals surface area contributed by atoms with E-state index < -0.39 is 8.07 Å². The molecule has 0 amide bonds. The molecule has 0 aliphatic carbocycles. The van der Waals surface area contributed by atoms with Gasteiger partial charge in [0.25, 0.3) is 0 Å². The predicted molar refractivity (Wildman–Crippen MR) is 251 cm³/mol. The second-order valence-corrected chi connectivity index (χ2v) is 19.2. The van der Waals surface area contributed by atoms with Gasteiger partial charge >= 0.3 is 0 Å². The highest BCUT2D eigenvalue weighted by atomic mass is 28.3. The van der Waals surface area contributed by atoms with Crippen molar-refractivity contribution in [1.82, 2.24) is 0 Å². The minimum absolute atomic E-state index is 0.873. The predicted octanol–water partition coefficient (Wildman–Crippen LogP) is 12.4. The van der Waals surface area contributed by atoms with Crippen LogP contribution in [0.1, 0.15) is 0 Å². The molecule has 0 bridgehead atoms. The van der Waals surface area contributed by atoms with E-state index in [1.807, 2.05) is 6.07 Å². The second-order valence-electron chi connectivity index (χ2n) is 15.6. The minimum atomic E-state index is -3.00. The summed E-state index contributed by atoms with van der Waals surface area (Å²) in [5.74, 6) is 0. The lowest BCUT2D eigenvalue weighted by atomic mass is 10.0. The molecule has 1 aromatic heterocycles. The molecule has 2 nitrogen and oxygen atoms in total. The standard InChI is InChI=1S/C56H37NOSi/c1-2-15-38(16-3-1)39-31-33-42(34-32-39)57(43-35-36-47-46-23-8-10-26-50(46)58-51(47)37-43)49-25-14-30-55-56(49)48-24-9-11-27-54(48)59(55,52-28-12-19-40-17-4-6-21-44(40)52)53-29-13-20-41-18-5-7-22-45(41)53/h1-37H. The van der Waals surface area contributed by atoms with Crippen molar-refractivity contribution in [3.63, 3.8) is 0 Å². The van der Waals surface area contributed by atoms with Gasteiger partial charge in [-0.1, -0.05) is 182 Å². The molecule has 12 rings (SSSR count). The molecule has 0 N–H and O–H groups in total. The van der Waals surface area contributed by atoms with Crippen molar-refractivity contribution in [3.8, 4) is 22.3 Å². The highest BCUT2D eigenvalue weighted by Gasteiger charge is 2.51. The van der Waals surface area contributed by atoms with Gasteiger partial charge in [-0.15, -0.1) is 0 Å². The highest BCUT2D eigenvalue weighted by Crippen LogP contribution is 2.45. The molecule has 0 fully saturated rings. The van der Waals surface area contributed by atoms with Crippen LogP contribution >= 0.6 is 0 Å². The Morgan fingerprint density at radius 2 is 0.864 bits per heavy atom. The molecule has 10 aromatic carbocycles. The van der Waals surface area contributed by atoms with E-state index >= 15 is 0 Å². The Bertz CT molecular complexity index is 3310. The summed E-state index contributed by atoms with van der Waals surface area (Å²) in [5, 5.41) is 13.0. The Morgan fingerprint density at radius 1 is 0.339 bits per heavy atom. The topological polar surface area (TPSA) is 16.4 Å². The summed E-state index contributed by atoms with van der Waals surface area (Å²) >= 11 is 0. The number of hydrogen-bond acceptors (Lipinski definition) is 2. The Labute approximate surface area is 343 Å². The highest BCUT2D eigenvalue weighted by molar-refractivity contribution is 7.23. The quantitative estimate of drug-likeness (QED) is 0.157. The van der Waals surface area contributed by atoms with Crippen LogP contribution in [0.2, 0.25) is 0 Å². The molecule has 1 aliphatic heterocycles. The SMILES string of the molecule is c1ccc(-c2ccc(N(c3ccc4c(c3)oc3ccccc34)c3cccc4c3-c3ccccc3[Si]4(c3cccc4ccccc34)c3cccc4ccccc34)cc2)cc1. The lowest BCUT2D eigenvalue weighted by Gasteiger charge is -2.34. The zero-order chi connectivity index (χ0) is 38.9. The van der Waals surface area contributed by atoms with E-state index in [0.717, 1.165) is 39.0 Å². The fourth-order valence-electron chi connectivity index (χ4n) is 10.0. The molecule has 0 atom stereocenters. The number of nitrogens with zero attached hydrogens (tertiary/aromatic N) is 1. The summed E-state index contributed by atoms with van der Waals surface area (Å²) in [6.07, 6.45) is 0. The van der Waals surface area contributed by atoms with Crippen LogP contribution in [0.25, 0.3) is 65.7 Å². The monoisotopic (exact) mass is 767 g/mol. The van der Waals surface area contributed by atoms with Gasteiger partial charge in [0, 0.05) is 33.8 Å². The molecule has 276 valence electrons. The van der Waals surface area contributed by atoms with Crippen molar-refractivity contribution < 1.29 is 4.42 Å². The molecular formula is C56H37NOSi. The first-order chi connectivity index (χ1) is 29.3. The fraction of sp³-hybridized carbons (Fsp3) is 0. The van der Waals surface area contributed by atoms with E-state index in [-0.39, 0.29) is 0 Å². The van der Waals surface area contributed by atoms with E-state index in [0.29, 0.717) is 0 Å². The number of rotatable bonds is 6. The molecular weight excluding hydrogens is 731 g/mol. The molecule has 59 heavy (non-hydrogen) atoms. The third-order valence-electron chi connectivity index (χ3n) is 12.5. The van der Waals surface area contributed by atoms with Gasteiger partial charge in [0.1, 0.15) is 11.2 Å². The van der Waals surface area contributed by atoms with Crippen LogP contribution in [-0.4, -0.2) is 8.07 Å². The number of anilines is 3. The normalized spacial score (nSPS) is 12.9. The lowest BCUT2D eigenvalue weighted by molar-refractivity contribution is 0.669. The van der Waals surface area contributed by atoms with Crippen LogP contribution in [0.4, 0.5) is 17.1 Å². The summed E-state index contributed by atoms with van der Waals surface area (Å²) in [6.45, 7) is 0. The summed E-state index contributed by atoms with van der Waals surface area (Å²) in [4.78, 5) is 2.45. The van der Waals surface area contributed by atoms with Crippen molar-refractivity contribution in [2.45, 2.75) is 0 Å². The number of furan rings is 1. The van der Waals surface area contributed by atoms with Crippen LogP contribution in [0.5, 0.6) is 0 Å². The largest absolute Gasteiger partial charge is 0.456 e. The maximum atomic E-state index is 6.55. The molecule has 0 saturated heterocycles. The number of fused-ring (bicyclic) bond motifs is 8. The smallest absolute Gasteiger partial charge is 0.182 e. The van der Waals surface area contributed by atoms with Crippen LogP contribution in [0.3, 0.4) is 0 Å². The zero-order valence-corrected chi connectivity index (χ0v) is 33.2. The average Bonchev–Trinajstić information content (AvgIpc) is 3.83. The van der Waals surface area contributed by atoms with Gasteiger partial charge in [0.15, 0.2) is 8.07 Å². The van der Waals surface area contributed by atoms with E-state index in [4.69, 9.17) is 4.42 Å². The Hall–Kier alpha value is -7.46. The summed E-state index contributed by atoms with van der Waals surface area (Å²) in [5.41, 5.74) is 10.0. The molecule has 0 unspecified atom stereocenters. The van der Waals surface area contributed by atoms with Crippen LogP contribution in [0, 0.1) is 0 Å². The van der Waals surface area contributed by atoms with E-state index in [1.165, 1.54) is 64.5 Å². The van der Waals surface area contributed by atoms with Crippen LogP contribution in [0.15, 0.2) is 229 Å². The molecule has 2 heterocycles. The number of para-hydroxylation sites is 1. The number of benzene rings is 10. The second kappa shape index (κ2) is 13.3. The maximum Gasteiger partial charge on any atom is 0.182 e. The van der Waals surface area contributed by atoms with Crippen molar-refractivity contribution >= 4 is 89.4 Å². The van der Waals surface area contributed by atoms with Crippen molar-refractivity contribution in [1.29, 1.82) is 0 Å². The van der Waals surface area contributed by atoms with Gasteiger partial charge in [-0.2, -0.15) is 0 Å². The molecule has 0 saturated carbocycles. The minimum Gasteiger partial charge on any atom is -0.456 e. The Kier molecular flexibility index (Phi) is 7.59. The lowest BCUT2D eigenvalue weighted by Crippen LogP contribution is -2.73. The van der Waals surface area contributed by atoms with E-state index in [1.54, 1.807) is 0 Å². The van der Waals surface area contributed by atoms with Gasteiger partial charge in [-0.25, -0.2) is 0 Å². The van der Waals surface area contributed by atoms with Gasteiger partial charge in [-0.3, -0.25) is 0 Å². The molecule has 0 spiro atoms. The first-order valence-electron chi connectivity index (χ1n) is 20.3.